The van der Waals surface area contributed by atoms with Gasteiger partial charge in [-0.2, -0.15) is 0 Å². The molecule has 94 valence electrons. The number of aliphatic hydroxyl groups is 1. The van der Waals surface area contributed by atoms with Crippen LogP contribution in [-0.2, 0) is 13.0 Å². The molecule has 2 heterocycles. The van der Waals surface area contributed by atoms with Crippen LogP contribution in [0, 0.1) is 5.92 Å². The Morgan fingerprint density at radius 1 is 1.24 bits per heavy atom. The van der Waals surface area contributed by atoms with E-state index in [0.29, 0.717) is 18.4 Å². The first-order chi connectivity index (χ1) is 8.38. The van der Waals surface area contributed by atoms with Crippen LogP contribution < -0.4 is 0 Å². The topological polar surface area (TPSA) is 38.1 Å². The number of hydrogen-bond acceptors (Lipinski definition) is 2. The van der Waals surface area contributed by atoms with Crippen LogP contribution >= 0.6 is 0 Å². The zero-order valence-corrected chi connectivity index (χ0v) is 10.4. The molecule has 1 aliphatic heterocycles. The Labute approximate surface area is 103 Å². The number of aliphatic hydroxyl groups excluding tert-OH is 1. The van der Waals surface area contributed by atoms with Gasteiger partial charge in [0.05, 0.1) is 0 Å². The second-order valence-electron chi connectivity index (χ2n) is 5.64. The zero-order valence-electron chi connectivity index (χ0n) is 10.4. The number of nitrogens with zero attached hydrogens (tertiary/aromatic N) is 2. The molecule has 0 aromatic carbocycles. The van der Waals surface area contributed by atoms with E-state index < -0.39 is 0 Å². The number of hydrogen-bond donors (Lipinski definition) is 1. The van der Waals surface area contributed by atoms with Crippen LogP contribution in [0.4, 0.5) is 0 Å². The van der Waals surface area contributed by atoms with Gasteiger partial charge in [0.1, 0.15) is 5.82 Å². The third-order valence-corrected chi connectivity index (χ3v) is 4.45. The van der Waals surface area contributed by atoms with Crippen molar-refractivity contribution >= 4 is 0 Å². The fraction of sp³-hybridized carbons (Fsp3) is 0.786. The lowest BCUT2D eigenvalue weighted by Gasteiger charge is -2.27. The summed E-state index contributed by atoms with van der Waals surface area (Å²) in [5.41, 5.74) is 1.38. The minimum absolute atomic E-state index is 0.321. The van der Waals surface area contributed by atoms with Crippen molar-refractivity contribution in [1.82, 2.24) is 9.55 Å². The van der Waals surface area contributed by atoms with Crippen molar-refractivity contribution in [3.05, 3.63) is 17.7 Å². The van der Waals surface area contributed by atoms with E-state index in [4.69, 9.17) is 0 Å². The van der Waals surface area contributed by atoms with Gasteiger partial charge in [-0.1, -0.05) is 19.3 Å². The summed E-state index contributed by atoms with van der Waals surface area (Å²) >= 11 is 0. The lowest BCUT2D eigenvalue weighted by molar-refractivity contribution is 0.189. The maximum Gasteiger partial charge on any atom is 0.111 e. The van der Waals surface area contributed by atoms with Crippen LogP contribution in [0.2, 0.25) is 0 Å². The number of aryl methyl sites for hydroxylation is 1. The van der Waals surface area contributed by atoms with Crippen LogP contribution in [0.5, 0.6) is 0 Å². The van der Waals surface area contributed by atoms with E-state index in [9.17, 15) is 5.11 Å². The number of aromatic nitrogens is 2. The molecular formula is C14H22N2O. The van der Waals surface area contributed by atoms with E-state index in [-0.39, 0.29) is 0 Å². The maximum atomic E-state index is 9.32. The molecule has 1 aliphatic carbocycles. The summed E-state index contributed by atoms with van der Waals surface area (Å²) < 4.78 is 2.40. The van der Waals surface area contributed by atoms with E-state index in [2.05, 4.69) is 15.7 Å². The largest absolute Gasteiger partial charge is 0.396 e. The standard InChI is InChI=1S/C14H22N2O/c17-10-11-6-7-13-8-15-14(16(13)9-11)12-4-2-1-3-5-12/h8,11-12,17H,1-7,9-10H2. The Morgan fingerprint density at radius 3 is 2.82 bits per heavy atom. The van der Waals surface area contributed by atoms with Gasteiger partial charge < -0.3 is 9.67 Å². The molecule has 0 radical (unpaired) electrons. The smallest absolute Gasteiger partial charge is 0.111 e. The summed E-state index contributed by atoms with van der Waals surface area (Å²) in [7, 11) is 0. The quantitative estimate of drug-likeness (QED) is 0.853. The number of rotatable bonds is 2. The molecule has 17 heavy (non-hydrogen) atoms. The van der Waals surface area contributed by atoms with Crippen LogP contribution in [0.25, 0.3) is 0 Å². The molecule has 1 aromatic rings. The van der Waals surface area contributed by atoms with Crippen LogP contribution in [0.3, 0.4) is 0 Å². The first-order valence-electron chi connectivity index (χ1n) is 7.03. The molecule has 0 saturated heterocycles. The minimum Gasteiger partial charge on any atom is -0.396 e. The molecule has 1 fully saturated rings. The molecule has 1 atom stereocenters. The Kier molecular flexibility index (Phi) is 3.19. The minimum atomic E-state index is 0.321. The monoisotopic (exact) mass is 234 g/mol. The van der Waals surface area contributed by atoms with Gasteiger partial charge in [-0.3, -0.25) is 0 Å². The van der Waals surface area contributed by atoms with Crippen molar-refractivity contribution in [2.45, 2.75) is 57.4 Å². The predicted octanol–water partition coefficient (Wildman–Crippen LogP) is 2.49. The SMILES string of the molecule is OCC1CCc2cnc(C3CCCCC3)n2C1. The van der Waals surface area contributed by atoms with E-state index in [1.165, 1.54) is 43.6 Å². The highest BCUT2D eigenvalue weighted by molar-refractivity contribution is 5.12. The van der Waals surface area contributed by atoms with Crippen molar-refractivity contribution < 1.29 is 5.11 Å². The summed E-state index contributed by atoms with van der Waals surface area (Å²) in [5.74, 6) is 2.42. The summed E-state index contributed by atoms with van der Waals surface area (Å²) in [5, 5.41) is 9.32. The van der Waals surface area contributed by atoms with Crippen molar-refractivity contribution in [3.8, 4) is 0 Å². The molecular weight excluding hydrogens is 212 g/mol. The number of fused-ring (bicyclic) bond motifs is 1. The zero-order chi connectivity index (χ0) is 11.7. The third kappa shape index (κ3) is 2.13. The van der Waals surface area contributed by atoms with E-state index >= 15 is 0 Å². The molecule has 1 saturated carbocycles. The van der Waals surface area contributed by atoms with Gasteiger partial charge in [0, 0.05) is 36.9 Å². The summed E-state index contributed by atoms with van der Waals surface area (Å²) in [6.07, 6.45) is 11.0. The molecule has 3 nitrogen and oxygen atoms in total. The first kappa shape index (κ1) is 11.3. The summed E-state index contributed by atoms with van der Waals surface area (Å²) in [6.45, 7) is 1.30. The maximum absolute atomic E-state index is 9.32. The second-order valence-corrected chi connectivity index (χ2v) is 5.64. The fourth-order valence-electron chi connectivity index (χ4n) is 3.37. The molecule has 0 spiro atoms. The van der Waals surface area contributed by atoms with Crippen molar-refractivity contribution in [3.63, 3.8) is 0 Å². The van der Waals surface area contributed by atoms with Crippen molar-refractivity contribution in [2.75, 3.05) is 6.61 Å². The summed E-state index contributed by atoms with van der Waals surface area (Å²) in [6, 6.07) is 0. The average Bonchev–Trinajstić information content (AvgIpc) is 2.82. The highest BCUT2D eigenvalue weighted by Gasteiger charge is 2.25. The van der Waals surface area contributed by atoms with E-state index in [1.54, 1.807) is 0 Å². The third-order valence-electron chi connectivity index (χ3n) is 4.45. The van der Waals surface area contributed by atoms with Gasteiger partial charge in [-0.25, -0.2) is 4.98 Å². The van der Waals surface area contributed by atoms with Gasteiger partial charge in [-0.15, -0.1) is 0 Å². The van der Waals surface area contributed by atoms with E-state index in [0.717, 1.165) is 19.4 Å². The lowest BCUT2D eigenvalue weighted by atomic mass is 9.88. The van der Waals surface area contributed by atoms with Crippen LogP contribution in [-0.4, -0.2) is 21.3 Å². The van der Waals surface area contributed by atoms with Crippen molar-refractivity contribution in [1.29, 1.82) is 0 Å². The van der Waals surface area contributed by atoms with Gasteiger partial charge in [0.15, 0.2) is 0 Å². The highest BCUT2D eigenvalue weighted by atomic mass is 16.3. The van der Waals surface area contributed by atoms with E-state index in [1.807, 2.05) is 0 Å². The molecule has 0 amide bonds. The van der Waals surface area contributed by atoms with Gasteiger partial charge in [0.25, 0.3) is 0 Å². The molecule has 3 heteroatoms. The Bertz CT molecular complexity index is 380. The molecule has 1 N–H and O–H groups in total. The Hall–Kier alpha value is -0.830. The van der Waals surface area contributed by atoms with Crippen LogP contribution in [0.15, 0.2) is 6.20 Å². The fourth-order valence-corrected chi connectivity index (χ4v) is 3.37. The Balaban J connectivity index is 1.83. The number of imidazole rings is 1. The predicted molar refractivity (Wildman–Crippen MR) is 66.9 cm³/mol. The molecule has 1 aromatic heterocycles. The average molecular weight is 234 g/mol. The Morgan fingerprint density at radius 2 is 2.06 bits per heavy atom. The lowest BCUT2D eigenvalue weighted by Crippen LogP contribution is -2.25. The second kappa shape index (κ2) is 4.81. The van der Waals surface area contributed by atoms with Crippen LogP contribution in [0.1, 0.15) is 56.0 Å². The molecule has 1 unspecified atom stereocenters. The van der Waals surface area contributed by atoms with Gasteiger partial charge in [-0.05, 0) is 25.7 Å². The molecule has 2 aliphatic rings. The highest BCUT2D eigenvalue weighted by Crippen LogP contribution is 2.34. The van der Waals surface area contributed by atoms with Gasteiger partial charge in [0.2, 0.25) is 0 Å². The normalized spacial score (nSPS) is 25.8. The molecule has 0 bridgehead atoms. The molecule has 3 rings (SSSR count). The first-order valence-corrected chi connectivity index (χ1v) is 7.03. The van der Waals surface area contributed by atoms with Crippen molar-refractivity contribution in [2.24, 2.45) is 5.92 Å². The summed E-state index contributed by atoms with van der Waals surface area (Å²) in [4.78, 5) is 4.67. The van der Waals surface area contributed by atoms with Gasteiger partial charge >= 0.3 is 0 Å².